The molecule has 3 N–H and O–H groups in total. The van der Waals surface area contributed by atoms with Gasteiger partial charge in [0.25, 0.3) is 0 Å². The minimum atomic E-state index is 0.0708. The van der Waals surface area contributed by atoms with Gasteiger partial charge in [-0.1, -0.05) is 6.07 Å². The number of thioether (sulfide) groups is 1. The Kier molecular flexibility index (Phi) is 2.67. The minimum Gasteiger partial charge on any atom is -0.398 e. The summed E-state index contributed by atoms with van der Waals surface area (Å²) in [5.74, 6) is 0. The number of hydrogen-bond acceptors (Lipinski definition) is 4. The predicted octanol–water partition coefficient (Wildman–Crippen LogP) is 2.70. The van der Waals surface area contributed by atoms with Crippen molar-refractivity contribution in [1.82, 2.24) is 0 Å². The van der Waals surface area contributed by atoms with Crippen LogP contribution < -0.4 is 5.73 Å². The molecule has 0 fully saturated rings. The van der Waals surface area contributed by atoms with Gasteiger partial charge in [-0.05, 0) is 17.9 Å². The summed E-state index contributed by atoms with van der Waals surface area (Å²) < 4.78 is 1.18. The van der Waals surface area contributed by atoms with Crippen molar-refractivity contribution in [3.63, 3.8) is 0 Å². The fourth-order valence-corrected chi connectivity index (χ4v) is 3.27. The van der Waals surface area contributed by atoms with E-state index in [1.165, 1.54) is 4.70 Å². The van der Waals surface area contributed by atoms with Crippen molar-refractivity contribution in [2.45, 2.75) is 11.5 Å². The zero-order valence-electron chi connectivity index (χ0n) is 7.78. The highest BCUT2D eigenvalue weighted by molar-refractivity contribution is 7.98. The summed E-state index contributed by atoms with van der Waals surface area (Å²) in [5, 5.41) is 12.2. The van der Waals surface area contributed by atoms with Crippen molar-refractivity contribution in [3.8, 4) is 0 Å². The number of rotatable bonds is 2. The number of aliphatic hydroxyl groups is 1. The van der Waals surface area contributed by atoms with Crippen LogP contribution in [0.25, 0.3) is 10.1 Å². The minimum absolute atomic E-state index is 0.0708. The van der Waals surface area contributed by atoms with Gasteiger partial charge >= 0.3 is 0 Å². The third kappa shape index (κ3) is 1.39. The van der Waals surface area contributed by atoms with Crippen LogP contribution in [0.4, 0.5) is 5.69 Å². The van der Waals surface area contributed by atoms with Gasteiger partial charge in [-0.2, -0.15) is 0 Å². The third-order valence-electron chi connectivity index (χ3n) is 2.18. The lowest BCUT2D eigenvalue weighted by Crippen LogP contribution is -1.89. The number of thiophene rings is 1. The molecule has 0 amide bonds. The van der Waals surface area contributed by atoms with Gasteiger partial charge in [-0.25, -0.2) is 0 Å². The number of fused-ring (bicyclic) bond motifs is 1. The normalized spacial score (nSPS) is 11.0. The quantitative estimate of drug-likeness (QED) is 0.772. The van der Waals surface area contributed by atoms with E-state index < -0.39 is 0 Å². The first-order chi connectivity index (χ1) is 6.77. The molecule has 0 bridgehead atoms. The van der Waals surface area contributed by atoms with E-state index in [-0.39, 0.29) is 6.61 Å². The van der Waals surface area contributed by atoms with Crippen LogP contribution in [-0.4, -0.2) is 11.4 Å². The molecule has 0 atom stereocenters. The zero-order chi connectivity index (χ0) is 10.1. The van der Waals surface area contributed by atoms with E-state index >= 15 is 0 Å². The third-order valence-corrected chi connectivity index (χ3v) is 4.02. The molecule has 2 nitrogen and oxygen atoms in total. The van der Waals surface area contributed by atoms with E-state index in [1.54, 1.807) is 23.1 Å². The number of anilines is 1. The van der Waals surface area contributed by atoms with Gasteiger partial charge in [0.05, 0.1) is 12.3 Å². The molecule has 0 radical (unpaired) electrons. The lowest BCUT2D eigenvalue weighted by molar-refractivity contribution is 0.279. The highest BCUT2D eigenvalue weighted by Crippen LogP contribution is 2.37. The molecule has 0 unspecified atom stereocenters. The van der Waals surface area contributed by atoms with Crippen molar-refractivity contribution in [2.24, 2.45) is 0 Å². The lowest BCUT2D eigenvalue weighted by Gasteiger charge is -2.06. The Hall–Kier alpha value is -0.710. The molecule has 0 aliphatic heterocycles. The number of aliphatic hydroxyl groups excluding tert-OH is 1. The fourth-order valence-electron chi connectivity index (χ4n) is 1.52. The smallest absolute Gasteiger partial charge is 0.0692 e. The second kappa shape index (κ2) is 3.81. The maximum absolute atomic E-state index is 9.19. The molecular formula is C10H11NOS2. The summed E-state index contributed by atoms with van der Waals surface area (Å²) in [6, 6.07) is 3.98. The average Bonchev–Trinajstić information content (AvgIpc) is 2.59. The van der Waals surface area contributed by atoms with Gasteiger partial charge in [-0.15, -0.1) is 23.1 Å². The first-order valence-electron chi connectivity index (χ1n) is 4.21. The van der Waals surface area contributed by atoms with Crippen molar-refractivity contribution < 1.29 is 5.11 Å². The summed E-state index contributed by atoms with van der Waals surface area (Å²) >= 11 is 3.28. The van der Waals surface area contributed by atoms with Crippen LogP contribution in [0.2, 0.25) is 0 Å². The maximum Gasteiger partial charge on any atom is 0.0692 e. The van der Waals surface area contributed by atoms with Crippen LogP contribution >= 0.6 is 23.1 Å². The maximum atomic E-state index is 9.19. The average molecular weight is 225 g/mol. The van der Waals surface area contributed by atoms with Gasteiger partial charge in [0.2, 0.25) is 0 Å². The summed E-state index contributed by atoms with van der Waals surface area (Å²) in [4.78, 5) is 1.10. The first kappa shape index (κ1) is 9.83. The highest BCUT2D eigenvalue weighted by Gasteiger charge is 2.10. The molecule has 0 saturated carbocycles. The molecule has 2 aromatic rings. The molecule has 1 aromatic heterocycles. The molecule has 0 aliphatic rings. The summed E-state index contributed by atoms with van der Waals surface area (Å²) in [6.07, 6.45) is 2.00. The van der Waals surface area contributed by atoms with Gasteiger partial charge in [0, 0.05) is 20.4 Å². The molecular weight excluding hydrogens is 214 g/mol. The van der Waals surface area contributed by atoms with Crippen LogP contribution in [0.15, 0.2) is 22.4 Å². The molecule has 0 spiro atoms. The molecule has 14 heavy (non-hydrogen) atoms. The lowest BCUT2D eigenvalue weighted by atomic mass is 10.1. The van der Waals surface area contributed by atoms with Crippen LogP contribution in [0.1, 0.15) is 5.56 Å². The molecule has 4 heteroatoms. The summed E-state index contributed by atoms with van der Waals surface area (Å²) in [5.41, 5.74) is 7.66. The second-order valence-corrected chi connectivity index (χ2v) is 4.71. The first-order valence-corrected chi connectivity index (χ1v) is 6.31. The SMILES string of the molecule is CSc1c(CO)ccc2scc(N)c12. The molecule has 2 rings (SSSR count). The van der Waals surface area contributed by atoms with Crippen molar-refractivity contribution >= 4 is 38.9 Å². The van der Waals surface area contributed by atoms with E-state index in [9.17, 15) is 5.11 Å². The highest BCUT2D eigenvalue weighted by atomic mass is 32.2. The van der Waals surface area contributed by atoms with Crippen LogP contribution in [0, 0.1) is 0 Å². The standard InChI is InChI=1S/C10H11NOS2/c1-13-10-6(4-12)2-3-8-9(10)7(11)5-14-8/h2-3,5,12H,4,11H2,1H3. The Labute approximate surface area is 90.7 Å². The molecule has 1 heterocycles. The van der Waals surface area contributed by atoms with Crippen LogP contribution in [0.3, 0.4) is 0 Å². The molecule has 74 valence electrons. The van der Waals surface area contributed by atoms with Crippen molar-refractivity contribution in [2.75, 3.05) is 12.0 Å². The predicted molar refractivity (Wildman–Crippen MR) is 63.9 cm³/mol. The van der Waals surface area contributed by atoms with Crippen molar-refractivity contribution in [1.29, 1.82) is 0 Å². The molecule has 1 aromatic carbocycles. The number of benzene rings is 1. The second-order valence-electron chi connectivity index (χ2n) is 2.98. The van der Waals surface area contributed by atoms with Gasteiger partial charge < -0.3 is 10.8 Å². The van der Waals surface area contributed by atoms with Gasteiger partial charge in [0.15, 0.2) is 0 Å². The Morgan fingerprint density at radius 3 is 2.93 bits per heavy atom. The van der Waals surface area contributed by atoms with E-state index in [2.05, 4.69) is 0 Å². The Bertz CT molecular complexity index is 464. The Balaban J connectivity index is 2.81. The summed E-state index contributed by atoms with van der Waals surface area (Å²) in [7, 11) is 0. The fraction of sp³-hybridized carbons (Fsp3) is 0.200. The Morgan fingerprint density at radius 2 is 2.29 bits per heavy atom. The Morgan fingerprint density at radius 1 is 1.50 bits per heavy atom. The van der Waals surface area contributed by atoms with Gasteiger partial charge in [-0.3, -0.25) is 0 Å². The number of nitrogens with two attached hydrogens (primary N) is 1. The van der Waals surface area contributed by atoms with Gasteiger partial charge in [0.1, 0.15) is 0 Å². The van der Waals surface area contributed by atoms with Crippen LogP contribution in [-0.2, 0) is 6.61 Å². The number of hydrogen-bond donors (Lipinski definition) is 2. The largest absolute Gasteiger partial charge is 0.398 e. The monoisotopic (exact) mass is 225 g/mol. The number of nitrogen functional groups attached to an aromatic ring is 1. The van der Waals surface area contributed by atoms with E-state index in [4.69, 9.17) is 5.73 Å². The molecule has 0 saturated heterocycles. The summed E-state index contributed by atoms with van der Waals surface area (Å²) in [6.45, 7) is 0.0708. The van der Waals surface area contributed by atoms with E-state index in [0.29, 0.717) is 0 Å². The van der Waals surface area contributed by atoms with E-state index in [1.807, 2.05) is 23.8 Å². The molecule has 0 aliphatic carbocycles. The zero-order valence-corrected chi connectivity index (χ0v) is 9.41. The van der Waals surface area contributed by atoms with E-state index in [0.717, 1.165) is 21.5 Å². The van der Waals surface area contributed by atoms with Crippen LogP contribution in [0.5, 0.6) is 0 Å². The van der Waals surface area contributed by atoms with Crippen molar-refractivity contribution in [3.05, 3.63) is 23.1 Å². The topological polar surface area (TPSA) is 46.2 Å².